The summed E-state index contributed by atoms with van der Waals surface area (Å²) in [5, 5.41) is 13.1. The fourth-order valence-electron chi connectivity index (χ4n) is 3.40. The fourth-order valence-corrected chi connectivity index (χ4v) is 3.40. The Morgan fingerprint density at radius 3 is 2.79 bits per heavy atom. The Balaban J connectivity index is 1.80. The van der Waals surface area contributed by atoms with Crippen molar-refractivity contribution in [1.29, 1.82) is 0 Å². The van der Waals surface area contributed by atoms with E-state index in [0.717, 1.165) is 19.3 Å². The molecule has 1 saturated carbocycles. The molecule has 0 aromatic carbocycles. The van der Waals surface area contributed by atoms with Crippen LogP contribution in [0.1, 0.15) is 39.0 Å². The number of carbonyl (C=O) groups excluding carboxylic acids is 2. The van der Waals surface area contributed by atoms with E-state index < -0.39 is 11.5 Å². The number of nitrogens with one attached hydrogen (secondary N) is 1. The van der Waals surface area contributed by atoms with Gasteiger partial charge in [0.15, 0.2) is 0 Å². The van der Waals surface area contributed by atoms with Crippen LogP contribution in [0, 0.1) is 10.8 Å². The lowest BCUT2D eigenvalue weighted by molar-refractivity contribution is -0.157. The Kier molecular flexibility index (Phi) is 2.85. The number of rotatable bonds is 1. The van der Waals surface area contributed by atoms with Gasteiger partial charge in [0, 0.05) is 25.0 Å². The molecule has 3 fully saturated rings. The van der Waals surface area contributed by atoms with Crippen LogP contribution in [0.2, 0.25) is 0 Å². The first-order valence-corrected chi connectivity index (χ1v) is 7.24. The molecule has 5 nitrogen and oxygen atoms in total. The quantitative estimate of drug-likeness (QED) is 0.716. The number of likely N-dealkylation sites (tertiary alicyclic amines) is 1. The molecule has 1 spiro atoms. The van der Waals surface area contributed by atoms with Gasteiger partial charge in [0.25, 0.3) is 0 Å². The molecule has 0 aromatic heterocycles. The second kappa shape index (κ2) is 4.20. The first kappa shape index (κ1) is 12.9. The van der Waals surface area contributed by atoms with Crippen molar-refractivity contribution in [2.24, 2.45) is 10.8 Å². The molecule has 2 N–H and O–H groups in total. The Bertz CT molecular complexity index is 419. The summed E-state index contributed by atoms with van der Waals surface area (Å²) in [5.41, 5.74) is -0.966. The first-order valence-electron chi connectivity index (χ1n) is 7.24. The maximum Gasteiger partial charge on any atom is 0.230 e. The molecule has 3 rings (SSSR count). The summed E-state index contributed by atoms with van der Waals surface area (Å²) in [5.74, 6) is 0.0850. The van der Waals surface area contributed by atoms with Gasteiger partial charge in [0.2, 0.25) is 11.8 Å². The normalized spacial score (nSPS) is 37.1. The number of hydrogen-bond acceptors (Lipinski definition) is 3. The Morgan fingerprint density at radius 1 is 1.42 bits per heavy atom. The predicted molar refractivity (Wildman–Crippen MR) is 69.2 cm³/mol. The van der Waals surface area contributed by atoms with Crippen molar-refractivity contribution < 1.29 is 14.7 Å². The number of carbonyl (C=O) groups is 2. The SMILES string of the molecule is CC1(C(=O)N2CC[C@H](O)[C@@]3(CCCNC3=O)C2)CC1. The smallest absolute Gasteiger partial charge is 0.230 e. The molecule has 5 heteroatoms. The van der Waals surface area contributed by atoms with Gasteiger partial charge in [-0.1, -0.05) is 6.92 Å². The summed E-state index contributed by atoms with van der Waals surface area (Å²) in [6, 6.07) is 0. The van der Waals surface area contributed by atoms with Crippen LogP contribution in [0.3, 0.4) is 0 Å². The van der Waals surface area contributed by atoms with Gasteiger partial charge in [0.05, 0.1) is 11.5 Å². The Morgan fingerprint density at radius 2 is 2.16 bits per heavy atom. The third-order valence-corrected chi connectivity index (χ3v) is 5.12. The minimum Gasteiger partial charge on any atom is -0.392 e. The van der Waals surface area contributed by atoms with Crippen molar-refractivity contribution >= 4 is 11.8 Å². The average molecular weight is 266 g/mol. The second-order valence-corrected chi connectivity index (χ2v) is 6.61. The van der Waals surface area contributed by atoms with Crippen molar-refractivity contribution in [1.82, 2.24) is 10.2 Å². The van der Waals surface area contributed by atoms with Gasteiger partial charge in [-0.15, -0.1) is 0 Å². The molecule has 0 bridgehead atoms. The molecule has 0 radical (unpaired) electrons. The van der Waals surface area contributed by atoms with Crippen LogP contribution >= 0.6 is 0 Å². The lowest BCUT2D eigenvalue weighted by atomic mass is 9.71. The lowest BCUT2D eigenvalue weighted by Crippen LogP contribution is -2.62. The number of aliphatic hydroxyl groups is 1. The third kappa shape index (κ3) is 1.95. The predicted octanol–water partition coefficient (Wildman–Crippen LogP) is 0.276. The summed E-state index contributed by atoms with van der Waals surface area (Å²) in [6.07, 6.45) is 3.34. The van der Waals surface area contributed by atoms with Crippen LogP contribution < -0.4 is 5.32 Å². The van der Waals surface area contributed by atoms with Crippen LogP contribution in [0.5, 0.6) is 0 Å². The van der Waals surface area contributed by atoms with Gasteiger partial charge in [-0.25, -0.2) is 0 Å². The van der Waals surface area contributed by atoms with E-state index in [-0.39, 0.29) is 17.2 Å². The number of hydrogen-bond donors (Lipinski definition) is 2. The van der Waals surface area contributed by atoms with Gasteiger partial charge in [-0.3, -0.25) is 9.59 Å². The average Bonchev–Trinajstić information content (AvgIpc) is 3.14. The van der Waals surface area contributed by atoms with E-state index in [4.69, 9.17) is 0 Å². The Labute approximate surface area is 113 Å². The minimum atomic E-state index is -0.766. The maximum absolute atomic E-state index is 12.4. The zero-order chi connectivity index (χ0) is 13.7. The summed E-state index contributed by atoms with van der Waals surface area (Å²) in [6.45, 7) is 3.63. The van der Waals surface area contributed by atoms with Crippen LogP contribution in [-0.2, 0) is 9.59 Å². The lowest BCUT2D eigenvalue weighted by Gasteiger charge is -2.47. The molecular weight excluding hydrogens is 244 g/mol. The zero-order valence-corrected chi connectivity index (χ0v) is 11.4. The molecule has 106 valence electrons. The largest absolute Gasteiger partial charge is 0.392 e. The molecular formula is C14H22N2O3. The molecule has 3 aliphatic rings. The van der Waals surface area contributed by atoms with E-state index in [1.54, 1.807) is 0 Å². The standard InChI is InChI=1S/C14H22N2O3/c1-13(5-6-13)12(19)16-8-3-10(17)14(9-16)4-2-7-15-11(14)18/h10,17H,2-9H2,1H3,(H,15,18)/t10-,14+/m0/s1. The number of amides is 2. The fraction of sp³-hybridized carbons (Fsp3) is 0.857. The summed E-state index contributed by atoms with van der Waals surface area (Å²) < 4.78 is 0. The van der Waals surface area contributed by atoms with Gasteiger partial charge >= 0.3 is 0 Å². The molecule has 2 heterocycles. The van der Waals surface area contributed by atoms with Gasteiger partial charge in [-0.2, -0.15) is 0 Å². The van der Waals surface area contributed by atoms with E-state index in [1.165, 1.54) is 0 Å². The molecule has 0 unspecified atom stereocenters. The number of aliphatic hydroxyl groups excluding tert-OH is 1. The summed E-state index contributed by atoms with van der Waals surface area (Å²) >= 11 is 0. The van der Waals surface area contributed by atoms with Crippen molar-refractivity contribution in [2.75, 3.05) is 19.6 Å². The highest BCUT2D eigenvalue weighted by atomic mass is 16.3. The molecule has 2 amide bonds. The van der Waals surface area contributed by atoms with Crippen molar-refractivity contribution in [3.63, 3.8) is 0 Å². The van der Waals surface area contributed by atoms with E-state index in [2.05, 4.69) is 5.32 Å². The van der Waals surface area contributed by atoms with E-state index in [0.29, 0.717) is 32.5 Å². The zero-order valence-electron chi connectivity index (χ0n) is 11.4. The van der Waals surface area contributed by atoms with Crippen molar-refractivity contribution in [3.8, 4) is 0 Å². The monoisotopic (exact) mass is 266 g/mol. The van der Waals surface area contributed by atoms with Crippen LogP contribution in [0.25, 0.3) is 0 Å². The van der Waals surface area contributed by atoms with E-state index in [9.17, 15) is 14.7 Å². The summed E-state index contributed by atoms with van der Waals surface area (Å²) in [7, 11) is 0. The molecule has 0 aromatic rings. The highest BCUT2D eigenvalue weighted by Crippen LogP contribution is 2.48. The topological polar surface area (TPSA) is 69.6 Å². The van der Waals surface area contributed by atoms with Gasteiger partial charge in [-0.05, 0) is 32.1 Å². The Hall–Kier alpha value is -1.10. The van der Waals surface area contributed by atoms with Gasteiger partial charge < -0.3 is 15.3 Å². The highest BCUT2D eigenvalue weighted by Gasteiger charge is 2.54. The van der Waals surface area contributed by atoms with Crippen molar-refractivity contribution in [2.45, 2.75) is 45.1 Å². The molecule has 19 heavy (non-hydrogen) atoms. The van der Waals surface area contributed by atoms with Crippen molar-refractivity contribution in [3.05, 3.63) is 0 Å². The number of nitrogens with zero attached hydrogens (tertiary/aromatic N) is 1. The molecule has 2 atom stereocenters. The number of piperidine rings is 2. The first-order chi connectivity index (χ1) is 8.98. The minimum absolute atomic E-state index is 0.0790. The second-order valence-electron chi connectivity index (χ2n) is 6.61. The van der Waals surface area contributed by atoms with E-state index >= 15 is 0 Å². The third-order valence-electron chi connectivity index (χ3n) is 5.12. The van der Waals surface area contributed by atoms with Crippen LogP contribution in [0.15, 0.2) is 0 Å². The van der Waals surface area contributed by atoms with E-state index in [1.807, 2.05) is 11.8 Å². The van der Waals surface area contributed by atoms with Gasteiger partial charge in [0.1, 0.15) is 0 Å². The van der Waals surface area contributed by atoms with Crippen LogP contribution in [0.4, 0.5) is 0 Å². The maximum atomic E-state index is 12.4. The highest BCUT2D eigenvalue weighted by molar-refractivity contribution is 5.88. The molecule has 2 aliphatic heterocycles. The molecule has 2 saturated heterocycles. The van der Waals surface area contributed by atoms with Crippen LogP contribution in [-0.4, -0.2) is 47.6 Å². The molecule has 1 aliphatic carbocycles. The summed E-state index contributed by atoms with van der Waals surface area (Å²) in [4.78, 5) is 26.5.